The van der Waals surface area contributed by atoms with Crippen LogP contribution in [0, 0.1) is 11.3 Å². The van der Waals surface area contributed by atoms with Gasteiger partial charge in [-0.3, -0.25) is 4.79 Å². The number of anilines is 1. The van der Waals surface area contributed by atoms with Gasteiger partial charge in [0, 0.05) is 20.7 Å². The Labute approximate surface area is 242 Å². The second-order valence-electron chi connectivity index (χ2n) is 8.13. The fraction of sp³-hybridized carbons (Fsp3) is 0.0667. The molecule has 0 atom stereocenters. The van der Waals surface area contributed by atoms with Crippen LogP contribution in [0.2, 0.25) is 5.02 Å². The molecule has 1 N–H and O–H groups in total. The molecule has 38 heavy (non-hydrogen) atoms. The van der Waals surface area contributed by atoms with Crippen LogP contribution < -0.4 is 14.8 Å². The zero-order valence-corrected chi connectivity index (χ0v) is 23.9. The van der Waals surface area contributed by atoms with Gasteiger partial charge in [0.1, 0.15) is 36.4 Å². The highest BCUT2D eigenvalue weighted by Gasteiger charge is 2.11. The molecule has 0 aliphatic heterocycles. The Hall–Kier alpha value is -3.57. The van der Waals surface area contributed by atoms with E-state index >= 15 is 0 Å². The number of nitriles is 1. The van der Waals surface area contributed by atoms with Crippen molar-refractivity contribution in [2.24, 2.45) is 0 Å². The molecule has 5 nitrogen and oxygen atoms in total. The third-order valence-corrected chi connectivity index (χ3v) is 6.92. The Kier molecular flexibility index (Phi) is 9.61. The van der Waals surface area contributed by atoms with E-state index in [1.807, 2.05) is 54.6 Å². The van der Waals surface area contributed by atoms with Gasteiger partial charge in [-0.25, -0.2) is 0 Å². The van der Waals surface area contributed by atoms with E-state index < -0.39 is 5.91 Å². The highest BCUT2D eigenvalue weighted by Crippen LogP contribution is 2.28. The summed E-state index contributed by atoms with van der Waals surface area (Å²) in [4.78, 5) is 12.7. The number of carbonyl (C=O) groups is 1. The van der Waals surface area contributed by atoms with Gasteiger partial charge in [0.2, 0.25) is 0 Å². The highest BCUT2D eigenvalue weighted by atomic mass is 79.9. The van der Waals surface area contributed by atoms with Gasteiger partial charge in [0.15, 0.2) is 0 Å². The Balaban J connectivity index is 1.35. The van der Waals surface area contributed by atoms with Crippen molar-refractivity contribution in [1.82, 2.24) is 0 Å². The summed E-state index contributed by atoms with van der Waals surface area (Å²) in [6, 6.07) is 29.6. The Morgan fingerprint density at radius 2 is 1.66 bits per heavy atom. The molecule has 1 amide bonds. The zero-order chi connectivity index (χ0) is 26.9. The molecule has 0 aliphatic rings. The minimum atomic E-state index is -0.510. The third-order valence-electron chi connectivity index (χ3n) is 5.40. The van der Waals surface area contributed by atoms with Gasteiger partial charge < -0.3 is 14.8 Å². The van der Waals surface area contributed by atoms with Gasteiger partial charge in [-0.2, -0.15) is 5.26 Å². The number of nitrogens with zero attached hydrogens (tertiary/aromatic N) is 1. The first kappa shape index (κ1) is 27.5. The molecule has 0 heterocycles. The van der Waals surface area contributed by atoms with Crippen molar-refractivity contribution >= 4 is 61.1 Å². The van der Waals surface area contributed by atoms with Crippen molar-refractivity contribution in [2.75, 3.05) is 5.32 Å². The van der Waals surface area contributed by atoms with E-state index in [1.54, 1.807) is 42.5 Å². The molecule has 4 aromatic rings. The largest absolute Gasteiger partial charge is 0.489 e. The maximum absolute atomic E-state index is 12.7. The zero-order valence-electron chi connectivity index (χ0n) is 20.0. The van der Waals surface area contributed by atoms with E-state index in [2.05, 4.69) is 37.2 Å². The van der Waals surface area contributed by atoms with E-state index in [1.165, 1.54) is 6.08 Å². The fourth-order valence-corrected chi connectivity index (χ4v) is 4.36. The van der Waals surface area contributed by atoms with Crippen molar-refractivity contribution in [1.29, 1.82) is 5.26 Å². The van der Waals surface area contributed by atoms with Crippen LogP contribution in [-0.4, -0.2) is 5.91 Å². The first-order chi connectivity index (χ1) is 18.4. The van der Waals surface area contributed by atoms with Crippen molar-refractivity contribution in [3.8, 4) is 17.6 Å². The first-order valence-electron chi connectivity index (χ1n) is 11.5. The normalized spacial score (nSPS) is 10.9. The lowest BCUT2D eigenvalue weighted by Gasteiger charge is -2.10. The lowest BCUT2D eigenvalue weighted by molar-refractivity contribution is -0.112. The number of halogens is 3. The van der Waals surface area contributed by atoms with E-state index in [0.717, 1.165) is 15.6 Å². The standard InChI is InChI=1S/C30H21Br2ClN2O3/c31-24-8-5-20(6-9-24)18-38-29-14-7-21(16-27(29)32)15-23(17-34)30(36)35-25-10-12-26(13-11-25)37-19-22-3-1-2-4-28(22)33/h1-16H,18-19H2,(H,35,36)/b23-15+. The third kappa shape index (κ3) is 7.72. The molecule has 0 aliphatic carbocycles. The average Bonchev–Trinajstić information content (AvgIpc) is 2.92. The summed E-state index contributed by atoms with van der Waals surface area (Å²) in [5.41, 5.74) is 3.11. The summed E-state index contributed by atoms with van der Waals surface area (Å²) in [7, 11) is 0. The summed E-state index contributed by atoms with van der Waals surface area (Å²) >= 11 is 13.1. The van der Waals surface area contributed by atoms with E-state index in [0.29, 0.717) is 45.5 Å². The van der Waals surface area contributed by atoms with Crippen molar-refractivity contribution in [2.45, 2.75) is 13.2 Å². The van der Waals surface area contributed by atoms with Crippen LogP contribution >= 0.6 is 43.5 Å². The average molecular weight is 653 g/mol. The van der Waals surface area contributed by atoms with Crippen molar-refractivity contribution in [3.63, 3.8) is 0 Å². The molecule has 0 bridgehead atoms. The van der Waals surface area contributed by atoms with Crippen LogP contribution in [0.5, 0.6) is 11.5 Å². The SMILES string of the molecule is N#C/C(=C\c1ccc(OCc2ccc(Br)cc2)c(Br)c1)C(=O)Nc1ccc(OCc2ccccc2Cl)cc1. The van der Waals surface area contributed by atoms with Gasteiger partial charge >= 0.3 is 0 Å². The van der Waals surface area contributed by atoms with Crippen LogP contribution in [0.3, 0.4) is 0 Å². The van der Waals surface area contributed by atoms with Gasteiger partial charge in [-0.1, -0.05) is 63.9 Å². The summed E-state index contributed by atoms with van der Waals surface area (Å²) in [6.07, 6.45) is 1.53. The predicted octanol–water partition coefficient (Wildman–Crippen LogP) is 8.57. The maximum atomic E-state index is 12.7. The predicted molar refractivity (Wildman–Crippen MR) is 157 cm³/mol. The van der Waals surface area contributed by atoms with Gasteiger partial charge in [-0.15, -0.1) is 0 Å². The Morgan fingerprint density at radius 1 is 0.921 bits per heavy atom. The fourth-order valence-electron chi connectivity index (χ4n) is 3.39. The number of nitrogens with one attached hydrogen (secondary N) is 1. The van der Waals surface area contributed by atoms with Gasteiger partial charge in [-0.05, 0) is 87.7 Å². The molecule has 0 aromatic heterocycles. The molecule has 0 unspecified atom stereocenters. The number of amides is 1. The van der Waals surface area contributed by atoms with Crippen molar-refractivity contribution < 1.29 is 14.3 Å². The number of hydrogen-bond acceptors (Lipinski definition) is 4. The summed E-state index contributed by atoms with van der Waals surface area (Å²) in [5.74, 6) is 0.778. The molecule has 0 fully saturated rings. The number of carbonyl (C=O) groups excluding carboxylic acids is 1. The minimum absolute atomic E-state index is 0.0283. The van der Waals surface area contributed by atoms with Crippen LogP contribution in [0.4, 0.5) is 5.69 Å². The minimum Gasteiger partial charge on any atom is -0.489 e. The van der Waals surface area contributed by atoms with Crippen LogP contribution in [0.1, 0.15) is 16.7 Å². The lowest BCUT2D eigenvalue weighted by Crippen LogP contribution is -2.13. The topological polar surface area (TPSA) is 71.3 Å². The van der Waals surface area contributed by atoms with Crippen molar-refractivity contribution in [3.05, 3.63) is 127 Å². The molecule has 0 radical (unpaired) electrons. The summed E-state index contributed by atoms with van der Waals surface area (Å²) in [6.45, 7) is 0.743. The van der Waals surface area contributed by atoms with Crippen LogP contribution in [-0.2, 0) is 18.0 Å². The first-order valence-corrected chi connectivity index (χ1v) is 13.4. The number of ether oxygens (including phenoxy) is 2. The molecule has 8 heteroatoms. The molecule has 4 rings (SSSR count). The Bertz CT molecular complexity index is 1500. The second kappa shape index (κ2) is 13.3. The van der Waals surface area contributed by atoms with Gasteiger partial charge in [0.25, 0.3) is 5.91 Å². The lowest BCUT2D eigenvalue weighted by atomic mass is 10.1. The molecule has 0 saturated heterocycles. The second-order valence-corrected chi connectivity index (χ2v) is 10.3. The maximum Gasteiger partial charge on any atom is 0.266 e. The molecule has 4 aromatic carbocycles. The smallest absolute Gasteiger partial charge is 0.266 e. The quantitative estimate of drug-likeness (QED) is 0.145. The monoisotopic (exact) mass is 650 g/mol. The summed E-state index contributed by atoms with van der Waals surface area (Å²) < 4.78 is 13.4. The number of hydrogen-bond donors (Lipinski definition) is 1. The van der Waals surface area contributed by atoms with Crippen LogP contribution in [0.15, 0.2) is 106 Å². The number of benzene rings is 4. The number of rotatable bonds is 9. The molecular weight excluding hydrogens is 632 g/mol. The molecular formula is C30H21Br2ClN2O3. The van der Waals surface area contributed by atoms with Crippen LogP contribution in [0.25, 0.3) is 6.08 Å². The van der Waals surface area contributed by atoms with E-state index in [4.69, 9.17) is 21.1 Å². The van der Waals surface area contributed by atoms with E-state index in [9.17, 15) is 10.1 Å². The Morgan fingerprint density at radius 3 is 2.34 bits per heavy atom. The molecule has 190 valence electrons. The van der Waals surface area contributed by atoms with Gasteiger partial charge in [0.05, 0.1) is 4.47 Å². The summed E-state index contributed by atoms with van der Waals surface area (Å²) in [5, 5.41) is 13.0. The molecule has 0 spiro atoms. The highest BCUT2D eigenvalue weighted by molar-refractivity contribution is 9.10. The van der Waals surface area contributed by atoms with E-state index in [-0.39, 0.29) is 5.57 Å². The molecule has 0 saturated carbocycles.